The summed E-state index contributed by atoms with van der Waals surface area (Å²) in [6.07, 6.45) is 1.87. The van der Waals surface area contributed by atoms with Crippen molar-refractivity contribution in [3.05, 3.63) is 53.6 Å². The average Bonchev–Trinajstić information content (AvgIpc) is 2.65. The van der Waals surface area contributed by atoms with Crippen LogP contribution in [0.1, 0.15) is 11.3 Å². The molecule has 0 bridgehead atoms. The van der Waals surface area contributed by atoms with Gasteiger partial charge >= 0.3 is 0 Å². The molecule has 2 aromatic rings. The molecule has 2 N–H and O–H groups in total. The van der Waals surface area contributed by atoms with Gasteiger partial charge in [-0.15, -0.1) is 0 Å². The molecule has 2 rings (SSSR count). The molecule has 78 valence electrons. The van der Waals surface area contributed by atoms with Crippen LogP contribution >= 0.6 is 0 Å². The summed E-state index contributed by atoms with van der Waals surface area (Å²) in [4.78, 5) is 3.08. The summed E-state index contributed by atoms with van der Waals surface area (Å²) in [7, 11) is 0. The van der Waals surface area contributed by atoms with Crippen LogP contribution in [0.15, 0.2) is 36.5 Å². The monoisotopic (exact) mass is 204 g/mol. The Bertz CT molecular complexity index is 415. The summed E-state index contributed by atoms with van der Waals surface area (Å²) in [5, 5.41) is 3.16. The quantitative estimate of drug-likeness (QED) is 0.790. The molecule has 0 saturated carbocycles. The number of anilines is 1. The van der Waals surface area contributed by atoms with E-state index in [1.54, 1.807) is 0 Å². The van der Waals surface area contributed by atoms with Gasteiger partial charge in [0.15, 0.2) is 0 Å². The van der Waals surface area contributed by atoms with Crippen molar-refractivity contribution in [2.24, 2.45) is 0 Å². The topological polar surface area (TPSA) is 27.8 Å². The van der Waals surface area contributed by atoms with Gasteiger partial charge < -0.3 is 10.3 Å². The van der Waals surface area contributed by atoms with Crippen LogP contribution in [0.25, 0.3) is 0 Å². The smallest absolute Gasteiger partial charge is 0.125 e. The van der Waals surface area contributed by atoms with Gasteiger partial charge in [0.2, 0.25) is 0 Å². The van der Waals surface area contributed by atoms with Crippen LogP contribution in [-0.2, 0) is 6.54 Å². The Balaban J connectivity index is 2.05. The van der Waals surface area contributed by atoms with Crippen molar-refractivity contribution in [1.29, 1.82) is 0 Å². The Kier molecular flexibility index (Phi) is 2.72. The van der Waals surface area contributed by atoms with Crippen molar-refractivity contribution in [2.75, 3.05) is 5.32 Å². The van der Waals surface area contributed by atoms with Crippen molar-refractivity contribution >= 4 is 5.69 Å². The van der Waals surface area contributed by atoms with Gasteiger partial charge in [0.25, 0.3) is 0 Å². The summed E-state index contributed by atoms with van der Waals surface area (Å²) in [5.74, 6) is -0.205. The molecule has 0 unspecified atom stereocenters. The third kappa shape index (κ3) is 2.59. The number of hydrogen-bond acceptors (Lipinski definition) is 1. The third-order valence-corrected chi connectivity index (χ3v) is 2.19. The van der Waals surface area contributed by atoms with Gasteiger partial charge in [-0.25, -0.2) is 4.39 Å². The highest BCUT2D eigenvalue weighted by Gasteiger charge is 1.98. The second-order valence-corrected chi connectivity index (χ2v) is 3.57. The number of H-pyrrole nitrogens is 1. The van der Waals surface area contributed by atoms with Crippen LogP contribution in [0.2, 0.25) is 0 Å². The lowest BCUT2D eigenvalue weighted by molar-refractivity contribution is 0.627. The second kappa shape index (κ2) is 4.17. The molecule has 1 aromatic carbocycles. The van der Waals surface area contributed by atoms with E-state index < -0.39 is 0 Å². The molecule has 3 heteroatoms. The maximum atomic E-state index is 13.0. The molecule has 0 amide bonds. The molecule has 0 fully saturated rings. The first-order chi connectivity index (χ1) is 7.24. The van der Waals surface area contributed by atoms with E-state index in [9.17, 15) is 4.39 Å². The minimum absolute atomic E-state index is 0.205. The number of aromatic nitrogens is 1. The molecule has 1 aromatic heterocycles. The third-order valence-electron chi connectivity index (χ3n) is 2.19. The number of benzene rings is 1. The summed E-state index contributed by atoms with van der Waals surface area (Å²) in [6.45, 7) is 2.55. The van der Waals surface area contributed by atoms with Gasteiger partial charge in [0.05, 0.1) is 6.54 Å². The molecule has 0 aliphatic rings. The van der Waals surface area contributed by atoms with E-state index >= 15 is 0 Å². The summed E-state index contributed by atoms with van der Waals surface area (Å²) in [5.41, 5.74) is 2.81. The molecule has 0 spiro atoms. The largest absolute Gasteiger partial charge is 0.379 e. The molecule has 2 nitrogen and oxygen atoms in total. The number of aromatic amines is 1. The van der Waals surface area contributed by atoms with Gasteiger partial charge in [-0.2, -0.15) is 0 Å². The average molecular weight is 204 g/mol. The molecule has 15 heavy (non-hydrogen) atoms. The van der Waals surface area contributed by atoms with E-state index in [-0.39, 0.29) is 5.82 Å². The fourth-order valence-corrected chi connectivity index (χ4v) is 1.51. The Morgan fingerprint density at radius 2 is 2.20 bits per heavy atom. The summed E-state index contributed by atoms with van der Waals surface area (Å²) in [6, 6.07) is 8.86. The van der Waals surface area contributed by atoms with Crippen molar-refractivity contribution in [2.45, 2.75) is 13.5 Å². The van der Waals surface area contributed by atoms with E-state index in [0.717, 1.165) is 16.9 Å². The highest BCUT2D eigenvalue weighted by atomic mass is 19.1. The van der Waals surface area contributed by atoms with E-state index in [0.29, 0.717) is 6.54 Å². The molecule has 1 heterocycles. The Hall–Kier alpha value is -1.77. The summed E-state index contributed by atoms with van der Waals surface area (Å²) < 4.78 is 13.0. The van der Waals surface area contributed by atoms with Crippen LogP contribution in [0.4, 0.5) is 10.1 Å². The predicted octanol–water partition coefficient (Wildman–Crippen LogP) is 3.07. The number of aryl methyl sites for hydroxylation is 1. The van der Waals surface area contributed by atoms with Crippen LogP contribution in [-0.4, -0.2) is 4.98 Å². The standard InChI is InChI=1S/C12H13FN2/c1-9-5-10(13)7-12(6-9)15-8-11-3-2-4-14-11/h2-7,14-15H,8H2,1H3. The zero-order valence-corrected chi connectivity index (χ0v) is 8.55. The lowest BCUT2D eigenvalue weighted by Gasteiger charge is -2.06. The Morgan fingerprint density at radius 3 is 2.87 bits per heavy atom. The van der Waals surface area contributed by atoms with Crippen molar-refractivity contribution in [3.63, 3.8) is 0 Å². The SMILES string of the molecule is Cc1cc(F)cc(NCc2ccc[nH]2)c1. The molecule has 0 aliphatic carbocycles. The Morgan fingerprint density at radius 1 is 1.33 bits per heavy atom. The minimum Gasteiger partial charge on any atom is -0.379 e. The van der Waals surface area contributed by atoms with E-state index in [1.165, 1.54) is 12.1 Å². The predicted molar refractivity (Wildman–Crippen MR) is 59.3 cm³/mol. The number of halogens is 1. The maximum absolute atomic E-state index is 13.0. The molecule has 0 aliphatic heterocycles. The molecular formula is C12H13FN2. The lowest BCUT2D eigenvalue weighted by atomic mass is 10.2. The highest BCUT2D eigenvalue weighted by Crippen LogP contribution is 2.13. The van der Waals surface area contributed by atoms with E-state index in [4.69, 9.17) is 0 Å². The van der Waals surface area contributed by atoms with Crippen molar-refractivity contribution in [3.8, 4) is 0 Å². The van der Waals surface area contributed by atoms with Crippen molar-refractivity contribution in [1.82, 2.24) is 4.98 Å². The van der Waals surface area contributed by atoms with Crippen LogP contribution < -0.4 is 5.32 Å². The van der Waals surface area contributed by atoms with Gasteiger partial charge in [-0.1, -0.05) is 0 Å². The lowest BCUT2D eigenvalue weighted by Crippen LogP contribution is -2.00. The van der Waals surface area contributed by atoms with E-state index in [1.807, 2.05) is 31.3 Å². The zero-order chi connectivity index (χ0) is 10.7. The first kappa shape index (κ1) is 9.77. The fourth-order valence-electron chi connectivity index (χ4n) is 1.51. The summed E-state index contributed by atoms with van der Waals surface area (Å²) >= 11 is 0. The number of rotatable bonds is 3. The molecular weight excluding hydrogens is 191 g/mol. The first-order valence-corrected chi connectivity index (χ1v) is 4.87. The minimum atomic E-state index is -0.205. The van der Waals surface area contributed by atoms with Gasteiger partial charge in [-0.3, -0.25) is 0 Å². The van der Waals surface area contributed by atoms with Gasteiger partial charge in [0, 0.05) is 17.6 Å². The fraction of sp³-hybridized carbons (Fsp3) is 0.167. The van der Waals surface area contributed by atoms with Crippen LogP contribution in [0, 0.1) is 12.7 Å². The van der Waals surface area contributed by atoms with Crippen LogP contribution in [0.5, 0.6) is 0 Å². The Labute approximate surface area is 88.1 Å². The first-order valence-electron chi connectivity index (χ1n) is 4.87. The van der Waals surface area contributed by atoms with Gasteiger partial charge in [-0.05, 0) is 42.8 Å². The molecule has 0 saturated heterocycles. The number of nitrogens with one attached hydrogen (secondary N) is 2. The highest BCUT2D eigenvalue weighted by molar-refractivity contribution is 5.46. The zero-order valence-electron chi connectivity index (χ0n) is 8.55. The number of hydrogen-bond donors (Lipinski definition) is 2. The van der Waals surface area contributed by atoms with Crippen LogP contribution in [0.3, 0.4) is 0 Å². The van der Waals surface area contributed by atoms with Gasteiger partial charge in [0.1, 0.15) is 5.82 Å². The second-order valence-electron chi connectivity index (χ2n) is 3.57. The van der Waals surface area contributed by atoms with E-state index in [2.05, 4.69) is 10.3 Å². The van der Waals surface area contributed by atoms with Crippen molar-refractivity contribution < 1.29 is 4.39 Å². The maximum Gasteiger partial charge on any atom is 0.125 e. The normalized spacial score (nSPS) is 10.3. The molecule has 0 radical (unpaired) electrons. The molecule has 0 atom stereocenters.